The van der Waals surface area contributed by atoms with Gasteiger partial charge in [-0.3, -0.25) is 23.5 Å². The Hall–Kier alpha value is -3.30. The number of phosphoric ester groups is 1. The molecule has 0 aliphatic carbocycles. The number of urea groups is 1. The zero-order chi connectivity index (χ0) is 39.8. The summed E-state index contributed by atoms with van der Waals surface area (Å²) in [4.78, 5) is 82.0. The van der Waals surface area contributed by atoms with E-state index >= 15 is 0 Å². The summed E-state index contributed by atoms with van der Waals surface area (Å²) in [6.07, 6.45) is 4.11. The van der Waals surface area contributed by atoms with Gasteiger partial charge in [-0.25, -0.2) is 14.2 Å². The van der Waals surface area contributed by atoms with Gasteiger partial charge in [0.2, 0.25) is 17.7 Å². The number of thioether (sulfide) groups is 1. The Bertz CT molecular complexity index is 1540. The van der Waals surface area contributed by atoms with Gasteiger partial charge in [-0.1, -0.05) is 19.3 Å². The molecule has 0 saturated carbocycles. The minimum absolute atomic E-state index is 0.0103. The molecule has 3 aliphatic rings. The van der Waals surface area contributed by atoms with E-state index in [2.05, 4.69) is 41.4 Å². The summed E-state index contributed by atoms with van der Waals surface area (Å²) >= 11 is 1.88. The molecule has 4 rings (SSSR count). The Balaban J connectivity index is 0.929. The van der Waals surface area contributed by atoms with E-state index in [0.717, 1.165) is 61.7 Å². The van der Waals surface area contributed by atoms with Gasteiger partial charge in [-0.15, -0.1) is 0 Å². The first kappa shape index (κ1) is 44.4. The van der Waals surface area contributed by atoms with Crippen LogP contribution in [-0.4, -0.2) is 127 Å². The summed E-state index contributed by atoms with van der Waals surface area (Å²) in [7, 11) is -4.83. The number of anilines is 1. The Kier molecular flexibility index (Phi) is 18.1. The smallest absolute Gasteiger partial charge is 0.387 e. The number of hydrogen-bond acceptors (Lipinski definition) is 13. The number of nitrogens with zero attached hydrogens (tertiary/aromatic N) is 2. The number of nitrogens with one attached hydrogen (secondary N) is 6. The van der Waals surface area contributed by atoms with Crippen molar-refractivity contribution in [1.29, 1.82) is 0 Å². The Labute approximate surface area is 323 Å². The topological polar surface area (TPSA) is 292 Å². The average Bonchev–Trinajstić information content (AvgIpc) is 3.78. The van der Waals surface area contributed by atoms with Crippen LogP contribution < -0.4 is 37.6 Å². The maximum atomic E-state index is 12.5. The molecule has 20 nitrogen and oxygen atoms in total. The van der Waals surface area contributed by atoms with E-state index in [0.29, 0.717) is 44.0 Å². The number of phosphoric acid groups is 1. The number of unbranched alkanes of at least 4 members (excludes halogenated alkanes) is 5. The molecule has 5 amide bonds. The molecule has 3 aliphatic heterocycles. The minimum Gasteiger partial charge on any atom is -0.387 e. The van der Waals surface area contributed by atoms with Crippen molar-refractivity contribution < 1.29 is 53.0 Å². The highest BCUT2D eigenvalue weighted by Gasteiger charge is 2.45. The SMILES string of the molecule is O=C(CCCCCNC(=O)CCCC[C@@H]1SC[C@@H]2NC(=O)N[C@@H]21)NCCCCCC(=O)NCCNc1ccn([C@@H]2O[C@H](COP(=O)(O)O)[C@@H](O)[C@H]2O)c(=O)n1. The standard InChI is InChI=1S/C33H55N8O12PS/c42-25(10-3-1-7-15-36-26(43)12-6-5-9-23-28-21(20-55-23)38-32(47)40-28)35-14-8-2-4-11-27(44)37-17-16-34-24-13-18-41(33(48)39-24)31-30(46)29(45)22(53-31)19-52-54(49,50)51/h13,18,21-23,28-31,45-46H,1-12,14-17,19-20H2,(H,35,42)(H,36,43)(H,37,44)(H,34,39,48)(H2,38,40,47)(H2,49,50,51)/t21-,22+,23-,28-,29+,30+,31+/m0/s1. The lowest BCUT2D eigenvalue weighted by molar-refractivity contribution is -0.122. The van der Waals surface area contributed by atoms with Gasteiger partial charge < -0.3 is 56.6 Å². The molecule has 3 fully saturated rings. The maximum Gasteiger partial charge on any atom is 0.469 e. The average molecular weight is 819 g/mol. The minimum atomic E-state index is -4.83. The van der Waals surface area contributed by atoms with E-state index in [9.17, 15) is 38.8 Å². The molecule has 3 saturated heterocycles. The first-order valence-electron chi connectivity index (χ1n) is 18.8. The van der Waals surface area contributed by atoms with Crippen LogP contribution in [0, 0.1) is 0 Å². The first-order valence-corrected chi connectivity index (χ1v) is 21.4. The molecule has 0 unspecified atom stereocenters. The molecule has 1 aromatic heterocycles. The predicted molar refractivity (Wildman–Crippen MR) is 201 cm³/mol. The van der Waals surface area contributed by atoms with Gasteiger partial charge in [0, 0.05) is 62.6 Å². The second-order valence-corrected chi connectivity index (χ2v) is 16.3. The van der Waals surface area contributed by atoms with Crippen LogP contribution in [0.2, 0.25) is 0 Å². The number of aromatic nitrogens is 2. The second kappa shape index (κ2) is 22.4. The summed E-state index contributed by atoms with van der Waals surface area (Å²) in [6, 6.07) is 1.77. The number of aliphatic hydroxyl groups excluding tert-OH is 2. The van der Waals surface area contributed by atoms with Crippen molar-refractivity contribution in [2.24, 2.45) is 0 Å². The highest BCUT2D eigenvalue weighted by Crippen LogP contribution is 2.38. The number of aliphatic hydroxyl groups is 2. The Morgan fingerprint density at radius 3 is 2.11 bits per heavy atom. The van der Waals surface area contributed by atoms with Gasteiger partial charge in [0.25, 0.3) is 0 Å². The Morgan fingerprint density at radius 2 is 1.49 bits per heavy atom. The zero-order valence-corrected chi connectivity index (χ0v) is 32.4. The van der Waals surface area contributed by atoms with Gasteiger partial charge in [-0.05, 0) is 44.6 Å². The number of carbonyl (C=O) groups excluding carboxylic acids is 4. The van der Waals surface area contributed by atoms with Crippen LogP contribution in [0.25, 0.3) is 0 Å². The third kappa shape index (κ3) is 15.3. The molecule has 4 heterocycles. The summed E-state index contributed by atoms with van der Waals surface area (Å²) in [5.74, 6) is 1.04. The fourth-order valence-electron chi connectivity index (χ4n) is 6.53. The fourth-order valence-corrected chi connectivity index (χ4v) is 8.42. The van der Waals surface area contributed by atoms with Crippen molar-refractivity contribution in [2.45, 2.75) is 119 Å². The fraction of sp³-hybridized carbons (Fsp3) is 0.758. The maximum absolute atomic E-state index is 12.5. The molecule has 310 valence electrons. The number of amides is 5. The molecule has 1 aromatic rings. The van der Waals surface area contributed by atoms with Gasteiger partial charge in [0.15, 0.2) is 6.23 Å². The molecule has 22 heteroatoms. The van der Waals surface area contributed by atoms with Gasteiger partial charge in [0.1, 0.15) is 24.1 Å². The van der Waals surface area contributed by atoms with Crippen LogP contribution in [-0.2, 0) is 28.2 Å². The molecule has 0 bridgehead atoms. The van der Waals surface area contributed by atoms with Gasteiger partial charge >= 0.3 is 19.5 Å². The Morgan fingerprint density at radius 1 is 0.873 bits per heavy atom. The number of rotatable bonds is 25. The molecule has 10 N–H and O–H groups in total. The molecule has 55 heavy (non-hydrogen) atoms. The predicted octanol–water partition coefficient (Wildman–Crippen LogP) is -0.421. The monoisotopic (exact) mass is 818 g/mol. The quantitative estimate of drug-likeness (QED) is 0.0341. The van der Waals surface area contributed by atoms with Crippen LogP contribution in [0.3, 0.4) is 0 Å². The highest BCUT2D eigenvalue weighted by atomic mass is 32.2. The van der Waals surface area contributed by atoms with Gasteiger partial charge in [-0.2, -0.15) is 16.7 Å². The molecule has 0 spiro atoms. The van der Waals surface area contributed by atoms with Crippen molar-refractivity contribution in [3.8, 4) is 0 Å². The summed E-state index contributed by atoms with van der Waals surface area (Å²) in [6.45, 7) is 0.975. The number of carbonyl (C=O) groups is 4. The van der Waals surface area contributed by atoms with E-state index in [-0.39, 0.29) is 54.7 Å². The van der Waals surface area contributed by atoms with Crippen LogP contribution in [0.5, 0.6) is 0 Å². The van der Waals surface area contributed by atoms with Crippen LogP contribution in [0.1, 0.15) is 83.3 Å². The van der Waals surface area contributed by atoms with Crippen molar-refractivity contribution in [3.05, 3.63) is 22.7 Å². The van der Waals surface area contributed by atoms with Crippen molar-refractivity contribution in [2.75, 3.05) is 43.9 Å². The van der Waals surface area contributed by atoms with Crippen molar-refractivity contribution in [1.82, 2.24) is 36.1 Å². The molecule has 0 aromatic carbocycles. The lowest BCUT2D eigenvalue weighted by Gasteiger charge is -2.17. The summed E-state index contributed by atoms with van der Waals surface area (Å²) in [5, 5.41) is 38.3. The molecular formula is C33H55N8O12PS. The van der Waals surface area contributed by atoms with Crippen LogP contribution in [0.4, 0.5) is 10.6 Å². The number of fused-ring (bicyclic) bond motifs is 1. The third-order valence-corrected chi connectivity index (χ3v) is 11.5. The second-order valence-electron chi connectivity index (χ2n) is 13.8. The zero-order valence-electron chi connectivity index (χ0n) is 30.7. The molecule has 7 atom stereocenters. The lowest BCUT2D eigenvalue weighted by Crippen LogP contribution is -2.36. The van der Waals surface area contributed by atoms with E-state index in [1.807, 2.05) is 11.8 Å². The lowest BCUT2D eigenvalue weighted by atomic mass is 10.0. The summed E-state index contributed by atoms with van der Waals surface area (Å²) in [5.41, 5.74) is -0.813. The van der Waals surface area contributed by atoms with E-state index in [1.165, 1.54) is 12.3 Å². The summed E-state index contributed by atoms with van der Waals surface area (Å²) < 4.78 is 21.6. The van der Waals surface area contributed by atoms with Crippen molar-refractivity contribution >= 4 is 49.2 Å². The van der Waals surface area contributed by atoms with E-state index < -0.39 is 44.7 Å². The molecule has 0 radical (unpaired) electrons. The number of hydrogen-bond donors (Lipinski definition) is 10. The largest absolute Gasteiger partial charge is 0.469 e. The van der Waals surface area contributed by atoms with E-state index in [4.69, 9.17) is 14.5 Å². The van der Waals surface area contributed by atoms with Crippen LogP contribution in [0.15, 0.2) is 17.1 Å². The highest BCUT2D eigenvalue weighted by molar-refractivity contribution is 8.00. The number of ether oxygens (including phenoxy) is 1. The first-order chi connectivity index (χ1) is 26.3. The van der Waals surface area contributed by atoms with Gasteiger partial charge in [0.05, 0.1) is 18.7 Å². The molecular weight excluding hydrogens is 763 g/mol. The normalized spacial score (nSPS) is 24.5. The van der Waals surface area contributed by atoms with Crippen LogP contribution >= 0.6 is 19.6 Å². The van der Waals surface area contributed by atoms with E-state index in [1.54, 1.807) is 0 Å². The third-order valence-electron chi connectivity index (χ3n) is 9.49. The van der Waals surface area contributed by atoms with Crippen molar-refractivity contribution in [3.63, 3.8) is 0 Å².